The lowest BCUT2D eigenvalue weighted by Gasteiger charge is -2.25. The molecule has 1 N–H and O–H groups in total. The molecule has 0 fully saturated rings. The van der Waals surface area contributed by atoms with Crippen LogP contribution in [0.15, 0.2) is 17.8 Å². The third-order valence-corrected chi connectivity index (χ3v) is 3.53. The zero-order valence-electron chi connectivity index (χ0n) is 12.2. The Balaban J connectivity index is 2.02. The zero-order valence-corrected chi connectivity index (χ0v) is 12.2. The van der Waals surface area contributed by atoms with Gasteiger partial charge in [0, 0.05) is 37.1 Å². The van der Waals surface area contributed by atoms with Crippen molar-refractivity contribution in [1.29, 1.82) is 0 Å². The van der Waals surface area contributed by atoms with Crippen LogP contribution >= 0.6 is 0 Å². The third kappa shape index (κ3) is 3.77. The van der Waals surface area contributed by atoms with Crippen molar-refractivity contribution in [3.63, 3.8) is 0 Å². The van der Waals surface area contributed by atoms with E-state index in [4.69, 9.17) is 0 Å². The van der Waals surface area contributed by atoms with Crippen LogP contribution in [-0.4, -0.2) is 29.6 Å². The fourth-order valence-electron chi connectivity index (χ4n) is 2.16. The number of rotatable bonds is 5. The second kappa shape index (κ2) is 6.66. The monoisotopic (exact) mass is 260 g/mol. The van der Waals surface area contributed by atoms with E-state index in [1.807, 2.05) is 6.20 Å². The van der Waals surface area contributed by atoms with Crippen LogP contribution in [0.3, 0.4) is 0 Å². The maximum atomic E-state index is 4.65. The van der Waals surface area contributed by atoms with E-state index < -0.39 is 0 Å². The maximum absolute atomic E-state index is 4.65. The Bertz CT molecular complexity index is 453. The van der Waals surface area contributed by atoms with Crippen molar-refractivity contribution in [3.8, 4) is 0 Å². The largest absolute Gasteiger partial charge is 0.337 e. The van der Waals surface area contributed by atoms with E-state index in [0.717, 1.165) is 50.7 Å². The van der Waals surface area contributed by atoms with E-state index in [9.17, 15) is 0 Å². The Morgan fingerprint density at radius 1 is 1.37 bits per heavy atom. The average molecular weight is 260 g/mol. The Kier molecular flexibility index (Phi) is 4.91. The predicted octanol–water partition coefficient (Wildman–Crippen LogP) is 2.44. The molecular weight excluding hydrogens is 236 g/mol. The van der Waals surface area contributed by atoms with Crippen molar-refractivity contribution < 1.29 is 0 Å². The molecule has 19 heavy (non-hydrogen) atoms. The number of hydrogen-bond donors (Lipinski definition) is 1. The van der Waals surface area contributed by atoms with E-state index in [-0.39, 0.29) is 0 Å². The van der Waals surface area contributed by atoms with E-state index in [1.165, 1.54) is 11.1 Å². The van der Waals surface area contributed by atoms with E-state index in [0.29, 0.717) is 0 Å². The Morgan fingerprint density at radius 3 is 2.84 bits per heavy atom. The highest BCUT2D eigenvalue weighted by Crippen LogP contribution is 2.16. The molecule has 1 aromatic heterocycles. The molecule has 1 aliphatic heterocycles. The van der Waals surface area contributed by atoms with Gasteiger partial charge >= 0.3 is 0 Å². The molecule has 0 amide bonds. The molecule has 2 heterocycles. The van der Waals surface area contributed by atoms with Crippen LogP contribution in [0.5, 0.6) is 0 Å². The minimum absolute atomic E-state index is 0.860. The minimum Gasteiger partial charge on any atom is -0.337 e. The summed E-state index contributed by atoms with van der Waals surface area (Å²) in [7, 11) is 0. The van der Waals surface area contributed by atoms with Crippen LogP contribution in [0.2, 0.25) is 0 Å². The molecule has 4 nitrogen and oxygen atoms in total. The lowest BCUT2D eigenvalue weighted by atomic mass is 10.1. The topological polar surface area (TPSA) is 41.1 Å². The van der Waals surface area contributed by atoms with Gasteiger partial charge in [0.05, 0.1) is 0 Å². The van der Waals surface area contributed by atoms with E-state index in [1.54, 1.807) is 0 Å². The van der Waals surface area contributed by atoms with Crippen LogP contribution in [0.4, 0.5) is 5.95 Å². The number of nitrogens with one attached hydrogen (secondary N) is 1. The van der Waals surface area contributed by atoms with Crippen LogP contribution < -0.4 is 10.2 Å². The first-order valence-electron chi connectivity index (χ1n) is 7.14. The standard InChI is InChI=1S/C15H24N4/c1-4-7-16-10-14-11-17-15(18-13(14)3)19-8-5-12(2)6-9-19/h5,11,16H,4,6-10H2,1-3H3. The molecule has 1 aromatic rings. The van der Waals surface area contributed by atoms with Crippen LogP contribution in [-0.2, 0) is 6.54 Å². The molecule has 2 rings (SSSR count). The van der Waals surface area contributed by atoms with Gasteiger partial charge in [0.15, 0.2) is 0 Å². The Hall–Kier alpha value is -1.42. The molecule has 0 radical (unpaired) electrons. The average Bonchev–Trinajstić information content (AvgIpc) is 2.42. The molecule has 0 saturated heterocycles. The van der Waals surface area contributed by atoms with Crippen molar-refractivity contribution in [3.05, 3.63) is 29.1 Å². The second-order valence-electron chi connectivity index (χ2n) is 5.20. The fourth-order valence-corrected chi connectivity index (χ4v) is 2.16. The third-order valence-electron chi connectivity index (χ3n) is 3.53. The molecule has 0 spiro atoms. The number of hydrogen-bond acceptors (Lipinski definition) is 4. The van der Waals surface area contributed by atoms with Crippen molar-refractivity contribution >= 4 is 5.95 Å². The quantitative estimate of drug-likeness (QED) is 0.652. The van der Waals surface area contributed by atoms with Gasteiger partial charge in [0.2, 0.25) is 5.95 Å². The van der Waals surface area contributed by atoms with Gasteiger partial charge in [-0.25, -0.2) is 9.97 Å². The molecule has 104 valence electrons. The smallest absolute Gasteiger partial charge is 0.225 e. The van der Waals surface area contributed by atoms with Crippen molar-refractivity contribution in [2.45, 2.75) is 40.2 Å². The van der Waals surface area contributed by atoms with Gasteiger partial charge in [-0.1, -0.05) is 18.6 Å². The summed E-state index contributed by atoms with van der Waals surface area (Å²) in [6.45, 7) is 10.3. The molecule has 4 heteroatoms. The fraction of sp³-hybridized carbons (Fsp3) is 0.600. The summed E-state index contributed by atoms with van der Waals surface area (Å²) in [6.07, 6.45) is 6.49. The molecule has 1 aliphatic rings. The molecular formula is C15H24N4. The number of nitrogens with zero attached hydrogens (tertiary/aromatic N) is 3. The van der Waals surface area contributed by atoms with Gasteiger partial charge in [0.25, 0.3) is 0 Å². The summed E-state index contributed by atoms with van der Waals surface area (Å²) < 4.78 is 0. The predicted molar refractivity (Wildman–Crippen MR) is 79.4 cm³/mol. The summed E-state index contributed by atoms with van der Waals surface area (Å²) in [4.78, 5) is 11.4. The normalized spacial score (nSPS) is 15.5. The lowest BCUT2D eigenvalue weighted by molar-refractivity contribution is 0.666. The first-order valence-corrected chi connectivity index (χ1v) is 7.14. The summed E-state index contributed by atoms with van der Waals surface area (Å²) in [6, 6.07) is 0. The van der Waals surface area contributed by atoms with E-state index in [2.05, 4.69) is 47.0 Å². The summed E-state index contributed by atoms with van der Waals surface area (Å²) in [5, 5.41) is 3.39. The first-order chi connectivity index (χ1) is 9.20. The molecule has 0 aliphatic carbocycles. The van der Waals surface area contributed by atoms with Crippen LogP contribution in [0, 0.1) is 6.92 Å². The van der Waals surface area contributed by atoms with E-state index >= 15 is 0 Å². The van der Waals surface area contributed by atoms with Gasteiger partial charge in [0.1, 0.15) is 0 Å². The number of anilines is 1. The zero-order chi connectivity index (χ0) is 13.7. The summed E-state index contributed by atoms with van der Waals surface area (Å²) in [5.41, 5.74) is 3.74. The van der Waals surface area contributed by atoms with Crippen LogP contribution in [0.25, 0.3) is 0 Å². The lowest BCUT2D eigenvalue weighted by Crippen LogP contribution is -2.30. The Morgan fingerprint density at radius 2 is 2.21 bits per heavy atom. The molecule has 0 bridgehead atoms. The van der Waals surface area contributed by atoms with Crippen molar-refractivity contribution in [2.75, 3.05) is 24.5 Å². The second-order valence-corrected chi connectivity index (χ2v) is 5.20. The highest BCUT2D eigenvalue weighted by Gasteiger charge is 2.13. The summed E-state index contributed by atoms with van der Waals surface area (Å²) in [5.74, 6) is 0.862. The van der Waals surface area contributed by atoms with Gasteiger partial charge < -0.3 is 10.2 Å². The van der Waals surface area contributed by atoms with Crippen LogP contribution in [0.1, 0.15) is 37.9 Å². The molecule has 0 atom stereocenters. The minimum atomic E-state index is 0.860. The number of aryl methyl sites for hydroxylation is 1. The Labute approximate surface area is 115 Å². The van der Waals surface area contributed by atoms with Gasteiger partial charge in [-0.3, -0.25) is 0 Å². The van der Waals surface area contributed by atoms with Crippen molar-refractivity contribution in [2.24, 2.45) is 0 Å². The van der Waals surface area contributed by atoms with Crippen molar-refractivity contribution in [1.82, 2.24) is 15.3 Å². The molecule has 0 aromatic carbocycles. The highest BCUT2D eigenvalue weighted by atomic mass is 15.2. The first kappa shape index (κ1) is 14.0. The molecule has 0 saturated carbocycles. The SMILES string of the molecule is CCCNCc1cnc(N2CC=C(C)CC2)nc1C. The summed E-state index contributed by atoms with van der Waals surface area (Å²) >= 11 is 0. The highest BCUT2D eigenvalue weighted by molar-refractivity contribution is 5.36. The van der Waals surface area contributed by atoms with Gasteiger partial charge in [-0.05, 0) is 33.2 Å². The van der Waals surface area contributed by atoms with Gasteiger partial charge in [-0.2, -0.15) is 0 Å². The maximum Gasteiger partial charge on any atom is 0.225 e. The van der Waals surface area contributed by atoms with Gasteiger partial charge in [-0.15, -0.1) is 0 Å². The number of aromatic nitrogens is 2. The molecule has 0 unspecified atom stereocenters.